The summed E-state index contributed by atoms with van der Waals surface area (Å²) in [6.45, 7) is 6.69. The molecule has 9 nitrogen and oxygen atoms in total. The molecule has 0 bridgehead atoms. The summed E-state index contributed by atoms with van der Waals surface area (Å²) >= 11 is 0. The van der Waals surface area contributed by atoms with Gasteiger partial charge >= 0.3 is 0 Å². The van der Waals surface area contributed by atoms with Crippen LogP contribution in [0.5, 0.6) is 0 Å². The highest BCUT2D eigenvalue weighted by atomic mass is 32.2. The first kappa shape index (κ1) is 24.9. The number of hydrogen-bond acceptors (Lipinski definition) is 8. The van der Waals surface area contributed by atoms with Gasteiger partial charge in [0.2, 0.25) is 0 Å². The summed E-state index contributed by atoms with van der Waals surface area (Å²) in [6, 6.07) is 5.99. The third kappa shape index (κ3) is 10.8. The molecule has 0 spiro atoms. The molecule has 1 aliphatic rings. The lowest BCUT2D eigenvalue weighted by atomic mass is 10.2. The summed E-state index contributed by atoms with van der Waals surface area (Å²) in [5.74, 6) is -0.413. The van der Waals surface area contributed by atoms with Gasteiger partial charge < -0.3 is 31.2 Å². The summed E-state index contributed by atoms with van der Waals surface area (Å²) in [4.78, 5) is -0.0666. The Labute approximate surface area is 154 Å². The van der Waals surface area contributed by atoms with Crippen molar-refractivity contribution in [3.8, 4) is 0 Å². The number of aliphatic hydroxyl groups is 2. The SMILES string of the molecule is CC1(C)OCC(CN)O1.Cc1ccc(S(=O)(=O)O)cc1.NCC(O)CO. The molecule has 26 heavy (non-hydrogen) atoms. The number of nitrogens with two attached hydrogens (primary N) is 2. The van der Waals surface area contributed by atoms with E-state index >= 15 is 0 Å². The Kier molecular flexibility index (Phi) is 11.1. The van der Waals surface area contributed by atoms with Gasteiger partial charge in [-0.1, -0.05) is 17.7 Å². The molecular formula is C16H30N2O7S. The molecule has 1 saturated heterocycles. The molecule has 0 saturated carbocycles. The van der Waals surface area contributed by atoms with Crippen molar-refractivity contribution in [3.05, 3.63) is 29.8 Å². The van der Waals surface area contributed by atoms with Crippen LogP contribution in [0.15, 0.2) is 29.2 Å². The first-order chi connectivity index (χ1) is 11.9. The third-order valence-corrected chi connectivity index (χ3v) is 4.00. The van der Waals surface area contributed by atoms with E-state index in [0.717, 1.165) is 5.56 Å². The summed E-state index contributed by atoms with van der Waals surface area (Å²) in [6.07, 6.45) is -0.634. The molecule has 0 aliphatic carbocycles. The molecule has 1 fully saturated rings. The van der Waals surface area contributed by atoms with Gasteiger partial charge in [0.05, 0.1) is 30.3 Å². The minimum absolute atomic E-state index is 0.0666. The minimum Gasteiger partial charge on any atom is -0.394 e. The third-order valence-electron chi connectivity index (χ3n) is 3.13. The fourth-order valence-corrected chi connectivity index (χ4v) is 2.14. The Morgan fingerprint density at radius 3 is 2.04 bits per heavy atom. The van der Waals surface area contributed by atoms with E-state index in [9.17, 15) is 8.42 Å². The Bertz CT molecular complexity index is 602. The van der Waals surface area contributed by atoms with Crippen LogP contribution in [0, 0.1) is 6.92 Å². The zero-order chi connectivity index (χ0) is 20.4. The molecule has 152 valence electrons. The first-order valence-electron chi connectivity index (χ1n) is 8.00. The second-order valence-electron chi connectivity index (χ2n) is 6.05. The molecular weight excluding hydrogens is 364 g/mol. The van der Waals surface area contributed by atoms with Gasteiger partial charge in [-0.2, -0.15) is 8.42 Å². The molecule has 2 rings (SSSR count). The van der Waals surface area contributed by atoms with Gasteiger partial charge in [0.15, 0.2) is 5.79 Å². The van der Waals surface area contributed by atoms with Gasteiger partial charge in [0, 0.05) is 13.1 Å². The molecule has 2 atom stereocenters. The molecule has 0 aromatic heterocycles. The lowest BCUT2D eigenvalue weighted by Gasteiger charge is -2.15. The van der Waals surface area contributed by atoms with Crippen molar-refractivity contribution in [2.45, 2.75) is 43.7 Å². The lowest BCUT2D eigenvalue weighted by Crippen LogP contribution is -2.26. The first-order valence-corrected chi connectivity index (χ1v) is 9.44. The Balaban J connectivity index is 0.000000378. The number of rotatable bonds is 4. The predicted molar refractivity (Wildman–Crippen MR) is 97.1 cm³/mol. The molecule has 1 aromatic rings. The van der Waals surface area contributed by atoms with Crippen molar-refractivity contribution < 1.29 is 32.7 Å². The van der Waals surface area contributed by atoms with Crippen LogP contribution in [-0.2, 0) is 19.6 Å². The van der Waals surface area contributed by atoms with Gasteiger partial charge in [-0.15, -0.1) is 0 Å². The average molecular weight is 394 g/mol. The predicted octanol–water partition coefficient (Wildman–Crippen LogP) is -0.363. The number of benzene rings is 1. The largest absolute Gasteiger partial charge is 0.394 e. The zero-order valence-electron chi connectivity index (χ0n) is 15.3. The second kappa shape index (κ2) is 11.6. The van der Waals surface area contributed by atoms with Crippen LogP contribution in [0.3, 0.4) is 0 Å². The van der Waals surface area contributed by atoms with Crippen LogP contribution in [-0.4, -0.2) is 67.5 Å². The van der Waals surface area contributed by atoms with E-state index in [4.69, 9.17) is 35.7 Å². The van der Waals surface area contributed by atoms with Gasteiger partial charge in [-0.3, -0.25) is 4.55 Å². The Morgan fingerprint density at radius 1 is 1.27 bits per heavy atom. The molecule has 0 amide bonds. The summed E-state index contributed by atoms with van der Waals surface area (Å²) in [5.41, 5.74) is 11.2. The van der Waals surface area contributed by atoms with Crippen LogP contribution in [0.25, 0.3) is 0 Å². The quantitative estimate of drug-likeness (QED) is 0.428. The van der Waals surface area contributed by atoms with Crippen LogP contribution in [0.4, 0.5) is 0 Å². The summed E-state index contributed by atoms with van der Waals surface area (Å²) < 4.78 is 40.1. The Hall–Kier alpha value is -1.11. The van der Waals surface area contributed by atoms with E-state index in [1.54, 1.807) is 12.1 Å². The summed E-state index contributed by atoms with van der Waals surface area (Å²) in [7, 11) is -4.02. The van der Waals surface area contributed by atoms with Crippen molar-refractivity contribution >= 4 is 10.1 Å². The fourth-order valence-electron chi connectivity index (χ4n) is 1.66. The molecule has 7 N–H and O–H groups in total. The van der Waals surface area contributed by atoms with Crippen molar-refractivity contribution in [2.24, 2.45) is 11.5 Å². The topological polar surface area (TPSA) is 165 Å². The average Bonchev–Trinajstić information content (AvgIpc) is 2.94. The number of aliphatic hydroxyl groups excluding tert-OH is 2. The van der Waals surface area contributed by atoms with Crippen LogP contribution in [0.1, 0.15) is 19.4 Å². The molecule has 0 radical (unpaired) electrons. The minimum atomic E-state index is -4.02. The van der Waals surface area contributed by atoms with Gasteiger partial charge in [0.25, 0.3) is 10.1 Å². The van der Waals surface area contributed by atoms with Crippen molar-refractivity contribution in [2.75, 3.05) is 26.3 Å². The van der Waals surface area contributed by atoms with Crippen LogP contribution in [0.2, 0.25) is 0 Å². The lowest BCUT2D eigenvalue weighted by molar-refractivity contribution is -0.137. The van der Waals surface area contributed by atoms with E-state index in [2.05, 4.69) is 0 Å². The van der Waals surface area contributed by atoms with Crippen molar-refractivity contribution in [1.82, 2.24) is 0 Å². The summed E-state index contributed by atoms with van der Waals surface area (Å²) in [5, 5.41) is 16.3. The normalized spacial score (nSPS) is 19.6. The Morgan fingerprint density at radius 2 is 1.81 bits per heavy atom. The molecule has 1 aliphatic heterocycles. The number of ether oxygens (including phenoxy) is 2. The maximum Gasteiger partial charge on any atom is 0.294 e. The monoisotopic (exact) mass is 394 g/mol. The second-order valence-corrected chi connectivity index (χ2v) is 7.47. The maximum atomic E-state index is 10.5. The van der Waals surface area contributed by atoms with Crippen molar-refractivity contribution in [1.29, 1.82) is 0 Å². The number of hydrogen-bond donors (Lipinski definition) is 5. The highest BCUT2D eigenvalue weighted by molar-refractivity contribution is 7.85. The zero-order valence-corrected chi connectivity index (χ0v) is 16.1. The van der Waals surface area contributed by atoms with Gasteiger partial charge in [-0.05, 0) is 32.9 Å². The standard InChI is InChI=1S/C7H8O3S.C6H13NO2.C3H9NO2/c1-6-2-4-7(5-3-6)11(8,9)10;1-6(2)8-4-5(3-7)9-6;4-1-3(6)2-5/h2-5H,1H3,(H,8,9,10);5H,3-4,7H2,1-2H3;3,5-6H,1-2,4H2. The fraction of sp³-hybridized carbons (Fsp3) is 0.625. The van der Waals surface area contributed by atoms with Crippen LogP contribution < -0.4 is 11.5 Å². The molecule has 2 unspecified atom stereocenters. The highest BCUT2D eigenvalue weighted by Crippen LogP contribution is 2.21. The van der Waals surface area contributed by atoms with Gasteiger partial charge in [0.1, 0.15) is 0 Å². The highest BCUT2D eigenvalue weighted by Gasteiger charge is 2.31. The molecule has 10 heteroatoms. The maximum absolute atomic E-state index is 10.5. The molecule has 1 aromatic carbocycles. The van der Waals surface area contributed by atoms with Crippen molar-refractivity contribution in [3.63, 3.8) is 0 Å². The number of aryl methyl sites for hydroxylation is 1. The molecule has 1 heterocycles. The van der Waals surface area contributed by atoms with E-state index in [1.165, 1.54) is 12.1 Å². The van der Waals surface area contributed by atoms with E-state index in [0.29, 0.717) is 13.2 Å². The van der Waals surface area contributed by atoms with Gasteiger partial charge in [-0.25, -0.2) is 0 Å². The van der Waals surface area contributed by atoms with Crippen LogP contribution >= 0.6 is 0 Å². The van der Waals surface area contributed by atoms with E-state index < -0.39 is 22.0 Å². The smallest absolute Gasteiger partial charge is 0.294 e. The van der Waals surface area contributed by atoms with E-state index in [1.807, 2.05) is 20.8 Å². The van der Waals surface area contributed by atoms with E-state index in [-0.39, 0.29) is 24.2 Å².